The second-order valence-electron chi connectivity index (χ2n) is 5.40. The molecule has 3 rings (SSSR count). The molecule has 2 aromatic rings. The highest BCUT2D eigenvalue weighted by molar-refractivity contribution is 5.55. The van der Waals surface area contributed by atoms with E-state index in [-0.39, 0.29) is 0 Å². The van der Waals surface area contributed by atoms with E-state index in [0.29, 0.717) is 0 Å². The summed E-state index contributed by atoms with van der Waals surface area (Å²) in [4.78, 5) is 6.63. The van der Waals surface area contributed by atoms with Crippen molar-refractivity contribution < 1.29 is 0 Å². The Morgan fingerprint density at radius 3 is 2.55 bits per heavy atom. The van der Waals surface area contributed by atoms with E-state index in [9.17, 15) is 0 Å². The van der Waals surface area contributed by atoms with Crippen molar-refractivity contribution in [3.8, 4) is 0 Å². The third-order valence-corrected chi connectivity index (χ3v) is 3.97. The summed E-state index contributed by atoms with van der Waals surface area (Å²) >= 11 is 0. The first-order chi connectivity index (χ1) is 9.83. The molecule has 1 aliphatic rings. The van der Waals surface area contributed by atoms with E-state index in [4.69, 9.17) is 0 Å². The predicted octanol–water partition coefficient (Wildman–Crippen LogP) is 3.60. The Hall–Kier alpha value is -2.03. The van der Waals surface area contributed by atoms with Gasteiger partial charge in [0.05, 0.1) is 0 Å². The number of hydrogen-bond donors (Lipinski definition) is 1. The van der Waals surface area contributed by atoms with Crippen molar-refractivity contribution >= 4 is 11.4 Å². The molecule has 0 saturated carbocycles. The molecule has 0 unspecified atom stereocenters. The largest absolute Gasteiger partial charge is 0.381 e. The molecule has 0 aliphatic carbocycles. The van der Waals surface area contributed by atoms with E-state index in [1.165, 1.54) is 42.7 Å². The van der Waals surface area contributed by atoms with Gasteiger partial charge >= 0.3 is 0 Å². The number of aromatic nitrogens is 1. The minimum atomic E-state index is 0.822. The zero-order valence-corrected chi connectivity index (χ0v) is 12.0. The Morgan fingerprint density at radius 1 is 1.10 bits per heavy atom. The molecule has 1 aliphatic heterocycles. The fourth-order valence-corrected chi connectivity index (χ4v) is 2.64. The van der Waals surface area contributed by atoms with Crippen LogP contribution in [0, 0.1) is 6.92 Å². The second kappa shape index (κ2) is 5.95. The zero-order valence-electron chi connectivity index (χ0n) is 12.0. The third kappa shape index (κ3) is 2.93. The first kappa shape index (κ1) is 13.0. The maximum atomic E-state index is 4.18. The molecular formula is C17H21N3. The van der Waals surface area contributed by atoms with Gasteiger partial charge in [-0.2, -0.15) is 0 Å². The molecule has 2 heterocycles. The monoisotopic (exact) mass is 267 g/mol. The molecule has 0 radical (unpaired) electrons. The molecule has 1 fully saturated rings. The molecule has 0 atom stereocenters. The van der Waals surface area contributed by atoms with Crippen molar-refractivity contribution in [3.63, 3.8) is 0 Å². The first-order valence-electron chi connectivity index (χ1n) is 7.31. The van der Waals surface area contributed by atoms with Crippen LogP contribution in [0.4, 0.5) is 11.4 Å². The summed E-state index contributed by atoms with van der Waals surface area (Å²) in [6, 6.07) is 10.8. The molecule has 3 heteroatoms. The SMILES string of the molecule is Cc1ccncc1CNc1ccc(N2CCCC2)cc1. The lowest BCUT2D eigenvalue weighted by Crippen LogP contribution is -2.17. The average molecular weight is 267 g/mol. The van der Waals surface area contributed by atoms with Crippen molar-refractivity contribution in [1.29, 1.82) is 0 Å². The molecule has 1 saturated heterocycles. The zero-order chi connectivity index (χ0) is 13.8. The van der Waals surface area contributed by atoms with Gasteiger partial charge in [-0.25, -0.2) is 0 Å². The molecule has 0 bridgehead atoms. The van der Waals surface area contributed by atoms with Gasteiger partial charge in [-0.3, -0.25) is 4.98 Å². The van der Waals surface area contributed by atoms with Gasteiger partial charge in [0.2, 0.25) is 0 Å². The molecule has 3 nitrogen and oxygen atoms in total. The predicted molar refractivity (Wildman–Crippen MR) is 84.2 cm³/mol. The maximum Gasteiger partial charge on any atom is 0.0418 e. The van der Waals surface area contributed by atoms with E-state index in [0.717, 1.165) is 12.2 Å². The van der Waals surface area contributed by atoms with Crippen LogP contribution in [0.15, 0.2) is 42.7 Å². The van der Waals surface area contributed by atoms with Crippen molar-refractivity contribution in [2.24, 2.45) is 0 Å². The molecular weight excluding hydrogens is 246 g/mol. The molecule has 0 spiro atoms. The average Bonchev–Trinajstić information content (AvgIpc) is 3.01. The number of rotatable bonds is 4. The maximum absolute atomic E-state index is 4.18. The van der Waals surface area contributed by atoms with Gasteiger partial charge in [0.25, 0.3) is 0 Å². The van der Waals surface area contributed by atoms with Crippen LogP contribution in [-0.4, -0.2) is 18.1 Å². The Balaban J connectivity index is 1.62. The molecule has 104 valence electrons. The molecule has 1 aromatic carbocycles. The van der Waals surface area contributed by atoms with Crippen molar-refractivity contribution in [1.82, 2.24) is 4.98 Å². The minimum Gasteiger partial charge on any atom is -0.381 e. The number of aryl methyl sites for hydroxylation is 1. The summed E-state index contributed by atoms with van der Waals surface area (Å²) in [7, 11) is 0. The number of nitrogens with zero attached hydrogens (tertiary/aromatic N) is 2. The second-order valence-corrected chi connectivity index (χ2v) is 5.40. The Kier molecular flexibility index (Phi) is 3.86. The Morgan fingerprint density at radius 2 is 1.85 bits per heavy atom. The Bertz CT molecular complexity index is 557. The van der Waals surface area contributed by atoms with Gasteiger partial charge in [-0.05, 0) is 61.2 Å². The Labute approximate surface area is 120 Å². The highest BCUT2D eigenvalue weighted by atomic mass is 15.1. The topological polar surface area (TPSA) is 28.2 Å². The smallest absolute Gasteiger partial charge is 0.0418 e. The third-order valence-electron chi connectivity index (χ3n) is 3.97. The molecule has 1 N–H and O–H groups in total. The first-order valence-corrected chi connectivity index (χ1v) is 7.31. The van der Waals surface area contributed by atoms with Gasteiger partial charge < -0.3 is 10.2 Å². The summed E-state index contributed by atoms with van der Waals surface area (Å²) in [5.74, 6) is 0. The number of nitrogens with one attached hydrogen (secondary N) is 1. The lowest BCUT2D eigenvalue weighted by atomic mass is 10.1. The van der Waals surface area contributed by atoms with E-state index < -0.39 is 0 Å². The summed E-state index contributed by atoms with van der Waals surface area (Å²) in [6.45, 7) is 5.33. The summed E-state index contributed by atoms with van der Waals surface area (Å²) in [5, 5.41) is 3.46. The molecule has 0 amide bonds. The van der Waals surface area contributed by atoms with Crippen LogP contribution < -0.4 is 10.2 Å². The summed E-state index contributed by atoms with van der Waals surface area (Å²) in [5.41, 5.74) is 5.03. The van der Waals surface area contributed by atoms with Crippen molar-refractivity contribution in [2.45, 2.75) is 26.3 Å². The van der Waals surface area contributed by atoms with Crippen LogP contribution in [0.1, 0.15) is 24.0 Å². The lowest BCUT2D eigenvalue weighted by molar-refractivity contribution is 0.949. The van der Waals surface area contributed by atoms with Crippen LogP contribution >= 0.6 is 0 Å². The lowest BCUT2D eigenvalue weighted by Gasteiger charge is -2.18. The number of hydrogen-bond acceptors (Lipinski definition) is 3. The fourth-order valence-electron chi connectivity index (χ4n) is 2.64. The fraction of sp³-hybridized carbons (Fsp3) is 0.353. The van der Waals surface area contributed by atoms with Crippen LogP contribution in [-0.2, 0) is 6.54 Å². The highest BCUT2D eigenvalue weighted by Crippen LogP contribution is 2.22. The quantitative estimate of drug-likeness (QED) is 0.917. The van der Waals surface area contributed by atoms with E-state index >= 15 is 0 Å². The van der Waals surface area contributed by atoms with Crippen LogP contribution in [0.3, 0.4) is 0 Å². The highest BCUT2D eigenvalue weighted by Gasteiger charge is 2.11. The molecule has 1 aromatic heterocycles. The number of benzene rings is 1. The van der Waals surface area contributed by atoms with Crippen molar-refractivity contribution in [2.75, 3.05) is 23.3 Å². The van der Waals surface area contributed by atoms with Gasteiger partial charge in [0, 0.05) is 43.4 Å². The van der Waals surface area contributed by atoms with E-state index in [2.05, 4.69) is 46.4 Å². The van der Waals surface area contributed by atoms with E-state index in [1.54, 1.807) is 0 Å². The van der Waals surface area contributed by atoms with Gasteiger partial charge in [-0.15, -0.1) is 0 Å². The minimum absolute atomic E-state index is 0.822. The number of anilines is 2. The van der Waals surface area contributed by atoms with E-state index in [1.807, 2.05) is 18.5 Å². The van der Waals surface area contributed by atoms with Gasteiger partial charge in [0.15, 0.2) is 0 Å². The summed E-state index contributed by atoms with van der Waals surface area (Å²) in [6.07, 6.45) is 6.41. The normalized spacial score (nSPS) is 14.6. The standard InChI is InChI=1S/C17H21N3/c1-14-8-9-18-12-15(14)13-19-16-4-6-17(7-5-16)20-10-2-3-11-20/h4-9,12,19H,2-3,10-11,13H2,1H3. The van der Waals surface area contributed by atoms with Crippen LogP contribution in [0.25, 0.3) is 0 Å². The van der Waals surface area contributed by atoms with Gasteiger partial charge in [-0.1, -0.05) is 0 Å². The van der Waals surface area contributed by atoms with Crippen LogP contribution in [0.2, 0.25) is 0 Å². The molecule has 20 heavy (non-hydrogen) atoms. The summed E-state index contributed by atoms with van der Waals surface area (Å²) < 4.78 is 0. The van der Waals surface area contributed by atoms with Gasteiger partial charge in [0.1, 0.15) is 0 Å². The van der Waals surface area contributed by atoms with Crippen LogP contribution in [0.5, 0.6) is 0 Å². The van der Waals surface area contributed by atoms with Crippen molar-refractivity contribution in [3.05, 3.63) is 53.9 Å². The number of pyridine rings is 1.